The summed E-state index contributed by atoms with van der Waals surface area (Å²) in [6, 6.07) is 21.3. The number of aromatic nitrogens is 1. The van der Waals surface area contributed by atoms with Crippen LogP contribution in [-0.2, 0) is 36.7 Å². The molecular weight excluding hydrogens is 925 g/mol. The van der Waals surface area contributed by atoms with Crippen LogP contribution >= 0.6 is 0 Å². The van der Waals surface area contributed by atoms with Crippen LogP contribution < -0.4 is 8.79 Å². The Kier molecular flexibility index (Phi) is 15.0. The Morgan fingerprint density at radius 1 is 0.891 bits per heavy atom. The van der Waals surface area contributed by atoms with E-state index in [4.69, 9.17) is 4.98 Å². The molecule has 1 N–H and O–H groups in total. The largest absolute Gasteiger partial charge is 0 e. The third-order valence-corrected chi connectivity index (χ3v) is 23.9. The molecule has 7 heteroatoms. The van der Waals surface area contributed by atoms with E-state index in [0.717, 1.165) is 47.9 Å². The third kappa shape index (κ3) is 9.07. The number of pyridine rings is 1. The van der Waals surface area contributed by atoms with Crippen LogP contribution in [0.1, 0.15) is 118 Å². The number of fused-ring (bicyclic) bond motifs is 6. The molecule has 2 aliphatic heterocycles. The molecule has 0 atom stereocenters. The summed E-state index contributed by atoms with van der Waals surface area (Å²) in [4.78, 5) is 16.8. The van der Waals surface area contributed by atoms with Crippen molar-refractivity contribution < 1.29 is 38.8 Å². The molecule has 3 nitrogen and oxygen atoms in total. The molecule has 1 radical (unpaired) electrons. The molecule has 55 heavy (non-hydrogen) atoms. The maximum absolute atomic E-state index is 13.9. The van der Waals surface area contributed by atoms with Gasteiger partial charge in [0.2, 0.25) is 0 Å². The number of rotatable bonds is 11. The molecule has 4 aromatic rings. The van der Waals surface area contributed by atoms with E-state index < -0.39 is 25.1 Å². The first-order valence-electron chi connectivity index (χ1n) is 20.4. The molecule has 3 aromatic carbocycles. The molecule has 0 aliphatic carbocycles. The Morgan fingerprint density at radius 3 is 2.07 bits per heavy atom. The molecule has 299 valence electrons. The fourth-order valence-corrected chi connectivity index (χ4v) is 22.1. The zero-order valence-corrected chi connectivity index (χ0v) is 39.3. The van der Waals surface area contributed by atoms with Crippen LogP contribution in [-0.4, -0.2) is 35.6 Å². The van der Waals surface area contributed by atoms with Crippen molar-refractivity contribution in [2.45, 2.75) is 137 Å². The summed E-state index contributed by atoms with van der Waals surface area (Å²) in [5, 5.41) is 14.6. The van der Waals surface area contributed by atoms with Crippen LogP contribution in [0, 0.1) is 30.2 Å². The number of hydrogen-bond acceptors (Lipinski definition) is 3. The second kappa shape index (κ2) is 18.3. The van der Waals surface area contributed by atoms with Gasteiger partial charge in [0.05, 0.1) is 5.76 Å². The molecule has 6 rings (SSSR count). The standard InChI is InChI=1S/C35H38F2GeN.C13H24O2.Ir/c1-22-24(21-35(5,6)33(36)37)13-14-27-28-15-18-39-32(31(28)38(30(22)27)16-9-10-17-38)25-19-23-11-7-8-12-26(23)29(20-25)34(2,3)4;1-5-10(6-2)12(14)9-13(15)11(7-3)8-4;/h7-8,11-15,18,20,33H,9-10,16-17,21H2,1-6H3;9-11,14H,5-8H2,1-4H3;/q-1;;/b;12-9-;. The summed E-state index contributed by atoms with van der Waals surface area (Å²) in [5.74, 6) is 0.547. The molecule has 1 saturated heterocycles. The Hall–Kier alpha value is -2.67. The van der Waals surface area contributed by atoms with E-state index >= 15 is 0 Å². The number of ketones is 1. The number of nitrogens with zero attached hydrogens (tertiary/aromatic N) is 1. The average Bonchev–Trinajstić information content (AvgIpc) is 3.73. The Bertz CT molecular complexity index is 2000. The third-order valence-electron chi connectivity index (χ3n) is 12.4. The van der Waals surface area contributed by atoms with Gasteiger partial charge in [0.15, 0.2) is 5.78 Å². The van der Waals surface area contributed by atoms with Crippen LogP contribution in [0.5, 0.6) is 0 Å². The molecule has 0 unspecified atom stereocenters. The number of aliphatic hydroxyl groups excluding tert-OH is 1. The zero-order valence-electron chi connectivity index (χ0n) is 34.8. The molecule has 0 bridgehead atoms. The monoisotopic (exact) mass is 989 g/mol. The summed E-state index contributed by atoms with van der Waals surface area (Å²) in [5.41, 5.74) is 7.49. The van der Waals surface area contributed by atoms with Crippen LogP contribution in [0.4, 0.5) is 8.78 Å². The van der Waals surface area contributed by atoms with E-state index in [0.29, 0.717) is 6.42 Å². The van der Waals surface area contributed by atoms with Crippen molar-refractivity contribution in [3.05, 3.63) is 89.3 Å². The molecule has 1 fully saturated rings. The fraction of sp³-hybridized carbons (Fsp3) is 0.500. The van der Waals surface area contributed by atoms with Gasteiger partial charge in [-0.2, -0.15) is 0 Å². The number of halogens is 2. The van der Waals surface area contributed by atoms with E-state index in [9.17, 15) is 18.7 Å². The number of alkyl halides is 2. The van der Waals surface area contributed by atoms with Crippen molar-refractivity contribution in [3.8, 4) is 22.4 Å². The van der Waals surface area contributed by atoms with Crippen LogP contribution in [0.2, 0.25) is 10.5 Å². The zero-order chi connectivity index (χ0) is 39.6. The minimum Gasteiger partial charge on any atom is 0 e. The summed E-state index contributed by atoms with van der Waals surface area (Å²) in [7, 11) is 0. The van der Waals surface area contributed by atoms with E-state index in [2.05, 4.69) is 82.3 Å². The Balaban J connectivity index is 0.000000360. The van der Waals surface area contributed by atoms with Gasteiger partial charge in [-0.05, 0) is 25.7 Å². The van der Waals surface area contributed by atoms with E-state index in [1.807, 2.05) is 33.9 Å². The average molecular weight is 988 g/mol. The molecule has 2 aliphatic rings. The van der Waals surface area contributed by atoms with Gasteiger partial charge in [0.1, 0.15) is 0 Å². The van der Waals surface area contributed by atoms with Crippen LogP contribution in [0.15, 0.2) is 66.6 Å². The molecule has 3 heterocycles. The quantitative estimate of drug-likeness (QED) is 0.0705. The minimum absolute atomic E-state index is 0. The molecule has 0 amide bonds. The summed E-state index contributed by atoms with van der Waals surface area (Å²) < 4.78 is 30.8. The van der Waals surface area contributed by atoms with Crippen molar-refractivity contribution in [2.24, 2.45) is 17.3 Å². The molecule has 1 aromatic heterocycles. The fourth-order valence-electron chi connectivity index (χ4n) is 9.09. The van der Waals surface area contributed by atoms with Gasteiger partial charge in [-0.3, -0.25) is 4.79 Å². The van der Waals surface area contributed by atoms with Gasteiger partial charge in [0, 0.05) is 38.0 Å². The molecule has 1 spiro atoms. The van der Waals surface area contributed by atoms with E-state index in [1.54, 1.807) is 13.8 Å². The number of allylic oxidation sites excluding steroid dienone is 2. The van der Waals surface area contributed by atoms with Crippen molar-refractivity contribution in [2.75, 3.05) is 0 Å². The van der Waals surface area contributed by atoms with Gasteiger partial charge >= 0.3 is 235 Å². The smallest absolute Gasteiger partial charge is 0 e. The van der Waals surface area contributed by atoms with Crippen molar-refractivity contribution in [1.29, 1.82) is 0 Å². The topological polar surface area (TPSA) is 50.2 Å². The van der Waals surface area contributed by atoms with Gasteiger partial charge in [-0.25, -0.2) is 0 Å². The van der Waals surface area contributed by atoms with Crippen LogP contribution in [0.3, 0.4) is 0 Å². The van der Waals surface area contributed by atoms with Gasteiger partial charge < -0.3 is 5.11 Å². The predicted octanol–water partition coefficient (Wildman–Crippen LogP) is 12.3. The van der Waals surface area contributed by atoms with Gasteiger partial charge in [-0.15, -0.1) is 0 Å². The Morgan fingerprint density at radius 2 is 1.49 bits per heavy atom. The first kappa shape index (κ1) is 45.0. The first-order valence-corrected chi connectivity index (χ1v) is 25.4. The van der Waals surface area contributed by atoms with Crippen molar-refractivity contribution >= 4 is 38.6 Å². The normalized spacial score (nSPS) is 15.0. The SMILES string of the molecule is CCC(CC)C(=O)/C=C(\O)C(CC)CC.Cc1c(CC(C)(C)C(F)F)ccc2[c]1[Ge]1([CH2]CC[CH2]1)[c]1c-2ccnc1-c1[c-]c2ccccc2c(C(C)(C)C)c1.[Ir]. The van der Waals surface area contributed by atoms with Gasteiger partial charge in [-0.1, -0.05) is 27.7 Å². The number of carbonyl (C=O) groups is 1. The first-order chi connectivity index (χ1) is 25.5. The summed E-state index contributed by atoms with van der Waals surface area (Å²) >= 11 is -2.81. The van der Waals surface area contributed by atoms with Crippen LogP contribution in [0.25, 0.3) is 33.2 Å². The number of benzene rings is 3. The summed E-state index contributed by atoms with van der Waals surface area (Å²) in [6.45, 7) is 20.5. The predicted molar refractivity (Wildman–Crippen MR) is 226 cm³/mol. The van der Waals surface area contributed by atoms with E-state index in [-0.39, 0.29) is 48.9 Å². The number of aliphatic hydroxyl groups is 1. The van der Waals surface area contributed by atoms with E-state index in [1.165, 1.54) is 65.9 Å². The van der Waals surface area contributed by atoms with Crippen molar-refractivity contribution in [1.82, 2.24) is 4.98 Å². The number of hydrogen-bond donors (Lipinski definition) is 1. The number of carbonyl (C=O) groups excluding carboxylic acids is 1. The second-order valence-electron chi connectivity index (χ2n) is 17.5. The maximum Gasteiger partial charge on any atom is 0 e. The van der Waals surface area contributed by atoms with Crippen molar-refractivity contribution in [3.63, 3.8) is 0 Å². The minimum atomic E-state index is -2.81. The van der Waals surface area contributed by atoms with Gasteiger partial charge in [0.25, 0.3) is 0 Å². The molecule has 0 saturated carbocycles. The summed E-state index contributed by atoms with van der Waals surface area (Å²) in [6.07, 6.45) is 7.42. The maximum atomic E-state index is 13.9. The molecular formula is C48H62F2GeIrNO2-. The Labute approximate surface area is 345 Å². The second-order valence-corrected chi connectivity index (χ2v) is 26.2.